The zero-order valence-electron chi connectivity index (χ0n) is 13.0. The van der Waals surface area contributed by atoms with Crippen LogP contribution >= 0.6 is 0 Å². The second-order valence-corrected chi connectivity index (χ2v) is 6.34. The zero-order chi connectivity index (χ0) is 15.5. The normalized spacial score (nSPS) is 19.6. The lowest BCUT2D eigenvalue weighted by Crippen LogP contribution is -2.47. The van der Waals surface area contributed by atoms with Crippen LogP contribution in [-0.2, 0) is 17.7 Å². The van der Waals surface area contributed by atoms with Crippen LogP contribution in [0.2, 0.25) is 0 Å². The van der Waals surface area contributed by atoms with Gasteiger partial charge in [0.15, 0.2) is 5.82 Å². The number of carbonyl (C=O) groups excluding carboxylic acids is 1. The Kier molecular flexibility index (Phi) is 4.82. The maximum Gasteiger partial charge on any atom is 0.410 e. The molecular weight excluding hydrogens is 272 g/mol. The molecule has 7 heteroatoms. The molecule has 0 aromatic carbocycles. The number of nitrogens with zero attached hydrogens (tertiary/aromatic N) is 3. The van der Waals surface area contributed by atoms with E-state index in [9.17, 15) is 4.79 Å². The molecule has 1 aliphatic rings. The Hall–Kier alpha value is -1.63. The highest BCUT2D eigenvalue weighted by Gasteiger charge is 2.31. The van der Waals surface area contributed by atoms with E-state index < -0.39 is 5.60 Å². The molecular formula is C14H24N4O3. The largest absolute Gasteiger partial charge is 0.444 e. The van der Waals surface area contributed by atoms with Crippen LogP contribution in [-0.4, -0.2) is 39.3 Å². The van der Waals surface area contributed by atoms with E-state index in [1.807, 2.05) is 20.8 Å². The highest BCUT2D eigenvalue weighted by atomic mass is 16.6. The number of hydrogen-bond acceptors (Lipinski definition) is 6. The molecule has 0 bridgehead atoms. The fourth-order valence-corrected chi connectivity index (χ4v) is 2.43. The molecule has 21 heavy (non-hydrogen) atoms. The predicted molar refractivity (Wildman–Crippen MR) is 76.5 cm³/mol. The van der Waals surface area contributed by atoms with Crippen LogP contribution in [0.5, 0.6) is 0 Å². The maximum absolute atomic E-state index is 12.3. The fraction of sp³-hybridized carbons (Fsp3) is 0.786. The predicted octanol–water partition coefficient (Wildman–Crippen LogP) is 1.86. The molecule has 1 saturated heterocycles. The minimum absolute atomic E-state index is 0.0414. The summed E-state index contributed by atoms with van der Waals surface area (Å²) in [7, 11) is 0. The van der Waals surface area contributed by atoms with Gasteiger partial charge in [-0.1, -0.05) is 5.16 Å². The lowest BCUT2D eigenvalue weighted by Gasteiger charge is -2.36. The second kappa shape index (κ2) is 6.43. The van der Waals surface area contributed by atoms with Gasteiger partial charge in [0, 0.05) is 19.0 Å². The van der Waals surface area contributed by atoms with Crippen LogP contribution in [0.1, 0.15) is 51.7 Å². The number of ether oxygens (including phenoxy) is 1. The molecule has 118 valence electrons. The highest BCUT2D eigenvalue weighted by molar-refractivity contribution is 5.68. The minimum Gasteiger partial charge on any atom is -0.444 e. The Morgan fingerprint density at radius 2 is 2.24 bits per heavy atom. The quantitative estimate of drug-likeness (QED) is 0.914. The topological polar surface area (TPSA) is 94.5 Å². The van der Waals surface area contributed by atoms with E-state index >= 15 is 0 Å². The lowest BCUT2D eigenvalue weighted by molar-refractivity contribution is 0.00916. The van der Waals surface area contributed by atoms with E-state index in [-0.39, 0.29) is 18.7 Å². The third-order valence-electron chi connectivity index (χ3n) is 3.36. The van der Waals surface area contributed by atoms with Crippen LogP contribution in [0, 0.1) is 0 Å². The molecule has 0 aliphatic carbocycles. The SMILES string of the molecule is CC(C)(C)OC(=O)N1CCCC[C@H]1Cc1nc(CN)no1. The first kappa shape index (κ1) is 15.8. The summed E-state index contributed by atoms with van der Waals surface area (Å²) in [5.41, 5.74) is 4.98. The van der Waals surface area contributed by atoms with Gasteiger partial charge in [-0.2, -0.15) is 4.98 Å². The Bertz CT molecular complexity index is 481. The van der Waals surface area contributed by atoms with Crippen molar-refractivity contribution >= 4 is 6.09 Å². The van der Waals surface area contributed by atoms with Crippen LogP contribution in [0.4, 0.5) is 4.79 Å². The van der Waals surface area contributed by atoms with Crippen molar-refractivity contribution in [2.24, 2.45) is 5.73 Å². The number of nitrogens with two attached hydrogens (primary N) is 1. The first-order valence-electron chi connectivity index (χ1n) is 7.40. The summed E-state index contributed by atoms with van der Waals surface area (Å²) in [6.07, 6.45) is 3.27. The van der Waals surface area contributed by atoms with Gasteiger partial charge >= 0.3 is 6.09 Å². The first-order chi connectivity index (χ1) is 9.89. The van der Waals surface area contributed by atoms with Crippen molar-refractivity contribution < 1.29 is 14.1 Å². The summed E-state index contributed by atoms with van der Waals surface area (Å²) < 4.78 is 10.6. The van der Waals surface area contributed by atoms with E-state index in [0.717, 1.165) is 19.3 Å². The summed E-state index contributed by atoms with van der Waals surface area (Å²) in [6, 6.07) is 0.0414. The summed E-state index contributed by atoms with van der Waals surface area (Å²) in [6.45, 7) is 6.57. The molecule has 0 spiro atoms. The van der Waals surface area contributed by atoms with Crippen molar-refractivity contribution in [3.63, 3.8) is 0 Å². The molecule has 1 amide bonds. The lowest BCUT2D eigenvalue weighted by atomic mass is 10.00. The van der Waals surface area contributed by atoms with E-state index in [4.69, 9.17) is 15.0 Å². The average Bonchev–Trinajstić information content (AvgIpc) is 2.85. The minimum atomic E-state index is -0.490. The third-order valence-corrected chi connectivity index (χ3v) is 3.36. The number of likely N-dealkylation sites (tertiary alicyclic amines) is 1. The highest BCUT2D eigenvalue weighted by Crippen LogP contribution is 2.22. The van der Waals surface area contributed by atoms with Crippen molar-refractivity contribution in [1.82, 2.24) is 15.0 Å². The van der Waals surface area contributed by atoms with Gasteiger partial charge in [-0.25, -0.2) is 4.79 Å². The molecule has 2 N–H and O–H groups in total. The molecule has 1 aromatic rings. The van der Waals surface area contributed by atoms with Crippen molar-refractivity contribution in [1.29, 1.82) is 0 Å². The number of aromatic nitrogens is 2. The molecule has 1 atom stereocenters. The Morgan fingerprint density at radius 3 is 2.86 bits per heavy atom. The van der Waals surface area contributed by atoms with Crippen LogP contribution in [0.3, 0.4) is 0 Å². The van der Waals surface area contributed by atoms with Gasteiger partial charge in [0.1, 0.15) is 5.60 Å². The molecule has 1 aromatic heterocycles. The second-order valence-electron chi connectivity index (χ2n) is 6.34. The van der Waals surface area contributed by atoms with Crippen molar-refractivity contribution in [2.45, 2.75) is 64.6 Å². The molecule has 0 unspecified atom stereocenters. The Morgan fingerprint density at radius 1 is 1.48 bits per heavy atom. The number of amides is 1. The van der Waals surface area contributed by atoms with Crippen LogP contribution in [0.25, 0.3) is 0 Å². The Balaban J connectivity index is 2.02. The molecule has 0 radical (unpaired) electrons. The van der Waals surface area contributed by atoms with Gasteiger partial charge in [-0.05, 0) is 40.0 Å². The number of rotatable bonds is 3. The summed E-state index contributed by atoms with van der Waals surface area (Å²) >= 11 is 0. The maximum atomic E-state index is 12.3. The monoisotopic (exact) mass is 296 g/mol. The van der Waals surface area contributed by atoms with Crippen molar-refractivity contribution in [3.05, 3.63) is 11.7 Å². The number of piperidine rings is 1. The van der Waals surface area contributed by atoms with E-state index in [1.165, 1.54) is 0 Å². The van der Waals surface area contributed by atoms with Crippen LogP contribution in [0.15, 0.2) is 4.52 Å². The summed E-state index contributed by atoms with van der Waals surface area (Å²) in [4.78, 5) is 18.3. The van der Waals surface area contributed by atoms with Gasteiger partial charge in [-0.3, -0.25) is 0 Å². The smallest absolute Gasteiger partial charge is 0.410 e. The molecule has 1 aliphatic heterocycles. The van der Waals surface area contributed by atoms with E-state index in [0.29, 0.717) is 24.7 Å². The van der Waals surface area contributed by atoms with Crippen molar-refractivity contribution in [2.75, 3.05) is 6.54 Å². The molecule has 7 nitrogen and oxygen atoms in total. The molecule has 2 heterocycles. The molecule has 0 saturated carbocycles. The van der Waals surface area contributed by atoms with Gasteiger partial charge < -0.3 is 19.9 Å². The van der Waals surface area contributed by atoms with Crippen molar-refractivity contribution in [3.8, 4) is 0 Å². The van der Waals surface area contributed by atoms with Gasteiger partial charge in [0.25, 0.3) is 0 Å². The fourth-order valence-electron chi connectivity index (χ4n) is 2.43. The first-order valence-corrected chi connectivity index (χ1v) is 7.40. The zero-order valence-corrected chi connectivity index (χ0v) is 13.0. The van der Waals surface area contributed by atoms with E-state index in [1.54, 1.807) is 4.90 Å². The van der Waals surface area contributed by atoms with Gasteiger partial charge in [0.05, 0.1) is 6.54 Å². The Labute approximate surface area is 124 Å². The summed E-state index contributed by atoms with van der Waals surface area (Å²) in [5.74, 6) is 1.01. The third kappa shape index (κ3) is 4.42. The molecule has 2 rings (SSSR count). The molecule has 1 fully saturated rings. The summed E-state index contributed by atoms with van der Waals surface area (Å²) in [5, 5.41) is 3.78. The standard InChI is InChI=1S/C14H24N4O3/c1-14(2,3)20-13(19)18-7-5-4-6-10(18)8-12-16-11(9-15)17-21-12/h10H,4-9,15H2,1-3H3/t10-/m0/s1. The number of carbonyl (C=O) groups is 1. The van der Waals surface area contributed by atoms with Crippen LogP contribution < -0.4 is 5.73 Å². The van der Waals surface area contributed by atoms with Gasteiger partial charge in [-0.15, -0.1) is 0 Å². The van der Waals surface area contributed by atoms with Gasteiger partial charge in [0.2, 0.25) is 5.89 Å². The average molecular weight is 296 g/mol. The number of hydrogen-bond donors (Lipinski definition) is 1. The van der Waals surface area contributed by atoms with E-state index in [2.05, 4.69) is 10.1 Å².